The van der Waals surface area contributed by atoms with Gasteiger partial charge in [-0.25, -0.2) is 4.79 Å². The van der Waals surface area contributed by atoms with Crippen molar-refractivity contribution < 1.29 is 19.1 Å². The quantitative estimate of drug-likeness (QED) is 0.296. The second-order valence-electron chi connectivity index (χ2n) is 8.80. The summed E-state index contributed by atoms with van der Waals surface area (Å²) in [5, 5.41) is 0.0109. The maximum absolute atomic E-state index is 13.2. The molecular weight excluding hydrogens is 426 g/mol. The third kappa shape index (κ3) is 4.06. The molecule has 0 spiro atoms. The number of ether oxygens (including phenoxy) is 1. The van der Waals surface area contributed by atoms with Crippen molar-refractivity contribution in [2.24, 2.45) is 5.92 Å². The van der Waals surface area contributed by atoms with Crippen molar-refractivity contribution in [1.82, 2.24) is 4.90 Å². The largest absolute Gasteiger partial charge is 0.442 e. The number of hydrogen-bond acceptors (Lipinski definition) is 5. The van der Waals surface area contributed by atoms with Crippen LogP contribution >= 0.6 is 11.6 Å². The minimum absolute atomic E-state index is 0.0109. The molecule has 0 bridgehead atoms. The van der Waals surface area contributed by atoms with Crippen LogP contribution in [0.4, 0.5) is 0 Å². The lowest BCUT2D eigenvalue weighted by molar-refractivity contribution is -0.153. The van der Waals surface area contributed by atoms with E-state index in [2.05, 4.69) is 26.0 Å². The van der Waals surface area contributed by atoms with Gasteiger partial charge in [-0.1, -0.05) is 56.5 Å². The Balaban J connectivity index is 2.25. The predicted molar refractivity (Wildman–Crippen MR) is 126 cm³/mol. The van der Waals surface area contributed by atoms with E-state index in [0.717, 1.165) is 17.7 Å². The highest BCUT2D eigenvalue weighted by Gasteiger charge is 2.56. The Kier molecular flexibility index (Phi) is 6.80. The summed E-state index contributed by atoms with van der Waals surface area (Å²) in [6.07, 6.45) is 11.1. The molecule has 1 aliphatic carbocycles. The Morgan fingerprint density at radius 2 is 1.97 bits per heavy atom. The number of fused-ring (bicyclic) bond motifs is 3. The molecule has 32 heavy (non-hydrogen) atoms. The average Bonchev–Trinajstić information content (AvgIpc) is 3.04. The van der Waals surface area contributed by atoms with E-state index >= 15 is 0 Å². The summed E-state index contributed by atoms with van der Waals surface area (Å²) < 4.78 is 5.47. The number of carbonyl (C=O) groups excluding carboxylic acids is 3. The lowest BCUT2D eigenvalue weighted by Crippen LogP contribution is -2.43. The Labute approximate surface area is 194 Å². The fourth-order valence-corrected chi connectivity index (χ4v) is 4.25. The lowest BCUT2D eigenvalue weighted by atomic mass is 9.75. The van der Waals surface area contributed by atoms with Gasteiger partial charge in [0.05, 0.1) is 5.03 Å². The first-order valence-electron chi connectivity index (χ1n) is 11.0. The molecule has 0 saturated carbocycles. The highest BCUT2D eigenvalue weighted by atomic mass is 35.5. The summed E-state index contributed by atoms with van der Waals surface area (Å²) in [6.45, 7) is 12.1. The maximum atomic E-state index is 13.2. The zero-order valence-electron chi connectivity index (χ0n) is 19.5. The van der Waals surface area contributed by atoms with E-state index in [9.17, 15) is 14.4 Å². The highest BCUT2D eigenvalue weighted by Crippen LogP contribution is 2.49. The van der Waals surface area contributed by atoms with Crippen LogP contribution in [-0.4, -0.2) is 34.6 Å². The second kappa shape index (κ2) is 9.07. The molecule has 0 radical (unpaired) electrons. The zero-order chi connectivity index (χ0) is 23.8. The summed E-state index contributed by atoms with van der Waals surface area (Å²) in [6, 6.07) is 0. The molecular formula is C26H30ClNO4. The number of esters is 1. The highest BCUT2D eigenvalue weighted by molar-refractivity contribution is 6.46. The first-order chi connectivity index (χ1) is 15.0. The third-order valence-corrected chi connectivity index (χ3v) is 6.48. The number of ketones is 2. The van der Waals surface area contributed by atoms with Crippen LogP contribution in [0.2, 0.25) is 0 Å². The predicted octanol–water partition coefficient (Wildman–Crippen LogP) is 5.31. The summed E-state index contributed by atoms with van der Waals surface area (Å²) in [7, 11) is 0. The number of halogens is 1. The van der Waals surface area contributed by atoms with Gasteiger partial charge in [-0.05, 0) is 38.8 Å². The molecule has 0 saturated heterocycles. The zero-order valence-corrected chi connectivity index (χ0v) is 20.3. The Morgan fingerprint density at radius 3 is 2.56 bits per heavy atom. The molecule has 0 aromatic rings. The number of rotatable bonds is 7. The fourth-order valence-electron chi connectivity index (χ4n) is 3.91. The Morgan fingerprint density at radius 1 is 1.28 bits per heavy atom. The van der Waals surface area contributed by atoms with Crippen LogP contribution in [0.3, 0.4) is 0 Å². The van der Waals surface area contributed by atoms with Crippen LogP contribution in [0.15, 0.2) is 69.1 Å². The average molecular weight is 456 g/mol. The molecule has 0 aromatic heterocycles. The molecule has 6 heteroatoms. The van der Waals surface area contributed by atoms with Gasteiger partial charge in [0.2, 0.25) is 5.78 Å². The minimum Gasteiger partial charge on any atom is -0.442 e. The first-order valence-corrected chi connectivity index (χ1v) is 11.4. The van der Waals surface area contributed by atoms with Gasteiger partial charge in [0.1, 0.15) is 5.57 Å². The van der Waals surface area contributed by atoms with Gasteiger partial charge in [0.15, 0.2) is 11.4 Å². The summed E-state index contributed by atoms with van der Waals surface area (Å²) in [4.78, 5) is 40.5. The van der Waals surface area contributed by atoms with Crippen LogP contribution in [0.5, 0.6) is 0 Å². The molecule has 2 atom stereocenters. The molecule has 170 valence electrons. The second-order valence-corrected chi connectivity index (χ2v) is 9.17. The SMILES string of the molecule is CCC(=O)C1=C2C3=CN(CC=C(C)C)C(/C=C/[C@@H](C)CC)=CC3=C(Cl)C(=O)[C@@]2(C)OC1=O. The van der Waals surface area contributed by atoms with Crippen molar-refractivity contribution in [2.45, 2.75) is 60.0 Å². The van der Waals surface area contributed by atoms with Crippen LogP contribution in [0.25, 0.3) is 0 Å². The number of nitrogens with zero attached hydrogens (tertiary/aromatic N) is 1. The van der Waals surface area contributed by atoms with Gasteiger partial charge >= 0.3 is 5.97 Å². The van der Waals surface area contributed by atoms with E-state index in [-0.39, 0.29) is 22.8 Å². The molecule has 2 aliphatic heterocycles. The van der Waals surface area contributed by atoms with Crippen molar-refractivity contribution in [1.29, 1.82) is 0 Å². The number of allylic oxidation sites excluding steroid dienone is 5. The molecule has 0 N–H and O–H groups in total. The number of hydrogen-bond donors (Lipinski definition) is 0. The summed E-state index contributed by atoms with van der Waals surface area (Å²) in [5.41, 5.74) is 1.82. The summed E-state index contributed by atoms with van der Waals surface area (Å²) in [5.74, 6) is -1.23. The normalized spacial score (nSPS) is 23.7. The van der Waals surface area contributed by atoms with Gasteiger partial charge in [-0.3, -0.25) is 9.59 Å². The van der Waals surface area contributed by atoms with E-state index in [1.165, 1.54) is 6.92 Å². The van der Waals surface area contributed by atoms with Crippen molar-refractivity contribution in [3.8, 4) is 0 Å². The molecule has 0 unspecified atom stereocenters. The smallest absolute Gasteiger partial charge is 0.343 e. The van der Waals surface area contributed by atoms with E-state index in [4.69, 9.17) is 16.3 Å². The van der Waals surface area contributed by atoms with Crippen molar-refractivity contribution >= 4 is 29.1 Å². The first kappa shape index (κ1) is 24.0. The molecule has 3 aliphatic rings. The van der Waals surface area contributed by atoms with Crippen LogP contribution in [0.1, 0.15) is 54.4 Å². The Hall–Kier alpha value is -2.66. The van der Waals surface area contributed by atoms with Crippen LogP contribution in [-0.2, 0) is 19.1 Å². The Bertz CT molecular complexity index is 1070. The lowest BCUT2D eigenvalue weighted by Gasteiger charge is -2.36. The van der Waals surface area contributed by atoms with E-state index in [1.54, 1.807) is 6.92 Å². The van der Waals surface area contributed by atoms with Crippen LogP contribution in [0, 0.1) is 5.92 Å². The molecule has 0 amide bonds. The molecule has 5 nitrogen and oxygen atoms in total. The molecule has 2 heterocycles. The summed E-state index contributed by atoms with van der Waals surface area (Å²) >= 11 is 6.53. The van der Waals surface area contributed by atoms with Gasteiger partial charge in [0.25, 0.3) is 0 Å². The minimum atomic E-state index is -1.59. The fraction of sp³-hybridized carbons (Fsp3) is 0.423. The van der Waals surface area contributed by atoms with E-state index in [0.29, 0.717) is 29.2 Å². The maximum Gasteiger partial charge on any atom is 0.343 e. The van der Waals surface area contributed by atoms with Gasteiger partial charge in [0, 0.05) is 41.6 Å². The van der Waals surface area contributed by atoms with Gasteiger partial charge < -0.3 is 9.64 Å². The van der Waals surface area contributed by atoms with Crippen molar-refractivity contribution in [3.63, 3.8) is 0 Å². The van der Waals surface area contributed by atoms with Gasteiger partial charge in [-0.2, -0.15) is 0 Å². The third-order valence-electron chi connectivity index (χ3n) is 6.10. The van der Waals surface area contributed by atoms with E-state index in [1.807, 2.05) is 37.1 Å². The van der Waals surface area contributed by atoms with Gasteiger partial charge in [-0.15, -0.1) is 0 Å². The number of carbonyl (C=O) groups is 3. The van der Waals surface area contributed by atoms with Crippen molar-refractivity contribution in [3.05, 3.63) is 69.1 Å². The topological polar surface area (TPSA) is 63.7 Å². The van der Waals surface area contributed by atoms with Crippen LogP contribution < -0.4 is 0 Å². The molecule has 0 aromatic carbocycles. The standard InChI is InChI=1S/C26H30ClNO4/c1-7-16(5)9-10-17-13-18-19(14-28(17)12-11-15(3)4)22-21(20(29)8-2)25(31)32-26(22,6)24(30)23(18)27/h9-11,13-14,16H,7-8,12H2,1-6H3/b10-9+/t16-,26-/m0/s1. The number of Topliss-reactive ketones (excluding diaryl/α,β-unsaturated/α-hetero) is 2. The van der Waals surface area contributed by atoms with E-state index < -0.39 is 17.4 Å². The molecule has 0 fully saturated rings. The molecule has 3 rings (SSSR count). The monoisotopic (exact) mass is 455 g/mol. The van der Waals surface area contributed by atoms with Crippen molar-refractivity contribution in [2.75, 3.05) is 6.54 Å².